The number of nitrogens with one attached hydrogen (secondary N) is 1. The highest BCUT2D eigenvalue weighted by Crippen LogP contribution is 2.22. The zero-order valence-corrected chi connectivity index (χ0v) is 16.6. The summed E-state index contributed by atoms with van der Waals surface area (Å²) in [6.07, 6.45) is 0.507. The van der Waals surface area contributed by atoms with Crippen LogP contribution in [-0.4, -0.2) is 28.4 Å². The van der Waals surface area contributed by atoms with Crippen LogP contribution in [0, 0.1) is 11.2 Å². The molecule has 0 spiro atoms. The van der Waals surface area contributed by atoms with E-state index in [0.29, 0.717) is 34.9 Å². The molecule has 0 amide bonds. The highest BCUT2D eigenvalue weighted by atomic mass is 32.3. The lowest BCUT2D eigenvalue weighted by Crippen LogP contribution is -2.22. The molecule has 27 heavy (non-hydrogen) atoms. The van der Waals surface area contributed by atoms with Gasteiger partial charge in [0.05, 0.1) is 25.6 Å². The van der Waals surface area contributed by atoms with E-state index in [4.69, 9.17) is 20.9 Å². The van der Waals surface area contributed by atoms with Crippen molar-refractivity contribution in [3.8, 4) is 22.7 Å². The predicted molar refractivity (Wildman–Crippen MR) is 110 cm³/mol. The molecule has 0 bridgehead atoms. The molecule has 5 N–H and O–H groups in total. The first-order chi connectivity index (χ1) is 12.9. The van der Waals surface area contributed by atoms with Crippen molar-refractivity contribution in [2.24, 2.45) is 0 Å². The minimum atomic E-state index is -1.76. The maximum atomic E-state index is 12.0. The van der Waals surface area contributed by atoms with E-state index < -0.39 is 22.0 Å². The van der Waals surface area contributed by atoms with Gasteiger partial charge in [0.2, 0.25) is 0 Å². The van der Waals surface area contributed by atoms with Gasteiger partial charge in [-0.1, -0.05) is 12.0 Å². The fraction of sp³-hybridized carbons (Fsp3) is 0.222. The normalized spacial score (nSPS) is 12.5. The Labute approximate surface area is 163 Å². The van der Waals surface area contributed by atoms with Crippen LogP contribution >= 0.6 is 0 Å². The Kier molecular flexibility index (Phi) is 7.67. The molecule has 0 radical (unpaired) electrons. The first kappa shape index (κ1) is 20.8. The second kappa shape index (κ2) is 9.97. The Hall–Kier alpha value is -2.54. The van der Waals surface area contributed by atoms with E-state index in [-0.39, 0.29) is 5.75 Å². The van der Waals surface area contributed by atoms with Crippen molar-refractivity contribution in [3.05, 3.63) is 47.5 Å². The molecule has 0 heterocycles. The van der Waals surface area contributed by atoms with Gasteiger partial charge in [0, 0.05) is 16.6 Å². The highest BCUT2D eigenvalue weighted by molar-refractivity contribution is 8.00. The van der Waals surface area contributed by atoms with Crippen molar-refractivity contribution in [1.29, 1.82) is 0 Å². The van der Waals surface area contributed by atoms with Crippen LogP contribution < -0.4 is 25.1 Å². The van der Waals surface area contributed by atoms with E-state index in [1.54, 1.807) is 37.4 Å². The molecule has 2 unspecified atom stereocenters. The summed E-state index contributed by atoms with van der Waals surface area (Å²) in [5.74, 6) is 4.13. The Morgan fingerprint density at radius 3 is 2.22 bits per heavy atom. The van der Waals surface area contributed by atoms with Gasteiger partial charge in [-0.15, -0.1) is 4.13 Å². The van der Waals surface area contributed by atoms with Crippen molar-refractivity contribution in [2.75, 3.05) is 31.4 Å². The third kappa shape index (κ3) is 6.29. The monoisotopic (exact) mass is 407 g/mol. The zero-order chi connectivity index (χ0) is 19.8. The molecule has 144 valence electrons. The van der Waals surface area contributed by atoms with Gasteiger partial charge in [-0.25, -0.2) is 8.42 Å². The quantitative estimate of drug-likeness (QED) is 0.471. The number of nitrogens with two attached hydrogens (primary N) is 2. The number of hydrogen-bond acceptors (Lipinski definition) is 6. The first-order valence-electron chi connectivity index (χ1n) is 7.87. The number of aryl methyl sites for hydroxylation is 1. The fourth-order valence-corrected chi connectivity index (χ4v) is 4.02. The Bertz CT molecular complexity index is 923. The van der Waals surface area contributed by atoms with Gasteiger partial charge in [0.1, 0.15) is 22.5 Å². The second-order valence-electron chi connectivity index (χ2n) is 5.41. The summed E-state index contributed by atoms with van der Waals surface area (Å²) in [6, 6.07) is 10.4. The summed E-state index contributed by atoms with van der Waals surface area (Å²) in [6.45, 7) is 0. The number of rotatable bonds is 7. The number of anilines is 2. The molecule has 2 aromatic carbocycles. The molecule has 0 saturated heterocycles. The molecule has 2 rings (SSSR count). The molecule has 9 heteroatoms. The molecule has 0 aromatic heterocycles. The molecular formula is C18H21N3O4S2. The van der Waals surface area contributed by atoms with Crippen LogP contribution in [0.2, 0.25) is 0 Å². The molecule has 0 aliphatic carbocycles. The van der Waals surface area contributed by atoms with Gasteiger partial charge in [0.25, 0.3) is 0 Å². The minimum Gasteiger partial charge on any atom is -0.495 e. The van der Waals surface area contributed by atoms with Gasteiger partial charge >= 0.3 is 0 Å². The second-order valence-corrected chi connectivity index (χ2v) is 7.92. The van der Waals surface area contributed by atoms with E-state index in [9.17, 15) is 8.42 Å². The Morgan fingerprint density at radius 1 is 1.00 bits per heavy atom. The standard InChI is InChI=1S/C18H21N3O4S2/c1-24-17-5-3-13(11-15(17)19)7-9-26(22)21-27(23)10-8-14-4-6-18(25-2)16(20)12-14/h3-6,11-12,21H,7,9,19-20H2,1-2H3. The van der Waals surface area contributed by atoms with E-state index in [1.807, 2.05) is 6.07 Å². The number of benzene rings is 2. The van der Waals surface area contributed by atoms with E-state index in [2.05, 4.69) is 15.3 Å². The first-order valence-corrected chi connectivity index (χ1v) is 10.3. The van der Waals surface area contributed by atoms with Crippen LogP contribution in [-0.2, 0) is 28.4 Å². The number of hydrogen-bond donors (Lipinski definition) is 3. The van der Waals surface area contributed by atoms with Crippen LogP contribution in [0.1, 0.15) is 11.1 Å². The van der Waals surface area contributed by atoms with Crippen molar-refractivity contribution in [1.82, 2.24) is 4.13 Å². The summed E-state index contributed by atoms with van der Waals surface area (Å²) in [7, 11) is -0.199. The third-order valence-electron chi connectivity index (χ3n) is 3.56. The summed E-state index contributed by atoms with van der Waals surface area (Å²) in [5, 5.41) is 2.50. The SMILES string of the molecule is COc1ccc(C#CS(=O)NS(=O)CCc2ccc(OC)c(N)c2)cc1N. The highest BCUT2D eigenvalue weighted by Gasteiger charge is 2.06. The van der Waals surface area contributed by atoms with Gasteiger partial charge in [-0.2, -0.15) is 0 Å². The van der Waals surface area contributed by atoms with Crippen LogP contribution in [0.5, 0.6) is 11.5 Å². The van der Waals surface area contributed by atoms with Crippen LogP contribution in [0.3, 0.4) is 0 Å². The molecule has 0 fully saturated rings. The summed E-state index contributed by atoms with van der Waals surface area (Å²) in [4.78, 5) is 0. The Morgan fingerprint density at radius 2 is 1.63 bits per heavy atom. The van der Waals surface area contributed by atoms with Crippen molar-refractivity contribution < 1.29 is 17.9 Å². The van der Waals surface area contributed by atoms with E-state index >= 15 is 0 Å². The molecule has 2 atom stereocenters. The van der Waals surface area contributed by atoms with Crippen LogP contribution in [0.4, 0.5) is 11.4 Å². The van der Waals surface area contributed by atoms with Gasteiger partial charge in [-0.05, 0) is 42.3 Å². The lowest BCUT2D eigenvalue weighted by Gasteiger charge is -2.07. The molecular weight excluding hydrogens is 386 g/mol. The molecule has 2 aromatic rings. The maximum Gasteiger partial charge on any atom is 0.183 e. The summed E-state index contributed by atoms with van der Waals surface area (Å²) in [5.41, 5.74) is 14.1. The lowest BCUT2D eigenvalue weighted by atomic mass is 10.1. The Balaban J connectivity index is 1.88. The molecule has 0 aliphatic heterocycles. The predicted octanol–water partition coefficient (Wildman–Crippen LogP) is 1.34. The van der Waals surface area contributed by atoms with Crippen molar-refractivity contribution in [2.45, 2.75) is 6.42 Å². The topological polar surface area (TPSA) is 117 Å². The number of nitrogen functional groups attached to an aromatic ring is 2. The van der Waals surface area contributed by atoms with Crippen LogP contribution in [0.25, 0.3) is 0 Å². The van der Waals surface area contributed by atoms with E-state index in [0.717, 1.165) is 5.56 Å². The third-order valence-corrected chi connectivity index (χ3v) is 5.77. The fourth-order valence-electron chi connectivity index (χ4n) is 2.21. The number of ether oxygens (including phenoxy) is 2. The largest absolute Gasteiger partial charge is 0.495 e. The average Bonchev–Trinajstić information content (AvgIpc) is 2.65. The molecule has 0 saturated carbocycles. The van der Waals surface area contributed by atoms with Gasteiger partial charge in [-0.3, -0.25) is 0 Å². The lowest BCUT2D eigenvalue weighted by molar-refractivity contribution is 0.417. The van der Waals surface area contributed by atoms with Crippen LogP contribution in [0.15, 0.2) is 36.4 Å². The molecule has 7 nitrogen and oxygen atoms in total. The minimum absolute atomic E-state index is 0.272. The average molecular weight is 408 g/mol. The summed E-state index contributed by atoms with van der Waals surface area (Å²) < 4.78 is 36.6. The van der Waals surface area contributed by atoms with Gasteiger partial charge < -0.3 is 20.9 Å². The smallest absolute Gasteiger partial charge is 0.183 e. The van der Waals surface area contributed by atoms with Gasteiger partial charge in [0.15, 0.2) is 11.0 Å². The van der Waals surface area contributed by atoms with E-state index in [1.165, 1.54) is 7.11 Å². The summed E-state index contributed by atoms with van der Waals surface area (Å²) >= 11 is 0. The van der Waals surface area contributed by atoms with Crippen molar-refractivity contribution >= 4 is 33.3 Å². The maximum absolute atomic E-state index is 12.0. The number of methoxy groups -OCH3 is 2. The van der Waals surface area contributed by atoms with Crippen molar-refractivity contribution in [3.63, 3.8) is 0 Å². The molecule has 0 aliphatic rings. The zero-order valence-electron chi connectivity index (χ0n) is 15.0.